The van der Waals surface area contributed by atoms with Crippen LogP contribution < -0.4 is 4.74 Å². The predicted molar refractivity (Wildman–Crippen MR) is 70.6 cm³/mol. The third kappa shape index (κ3) is 3.90. The highest BCUT2D eigenvalue weighted by atomic mass is 16.6. The van der Waals surface area contributed by atoms with E-state index in [1.807, 2.05) is 0 Å². The first kappa shape index (κ1) is 14.3. The van der Waals surface area contributed by atoms with Gasteiger partial charge in [0.1, 0.15) is 18.6 Å². The molecule has 0 aliphatic heterocycles. The van der Waals surface area contributed by atoms with Gasteiger partial charge in [-0.1, -0.05) is 5.16 Å². The molecule has 1 N–H and O–H groups in total. The van der Waals surface area contributed by atoms with Crippen molar-refractivity contribution in [1.29, 1.82) is 0 Å². The van der Waals surface area contributed by atoms with Gasteiger partial charge in [-0.05, 0) is 12.1 Å². The van der Waals surface area contributed by atoms with Crippen molar-refractivity contribution in [2.75, 3.05) is 0 Å². The van der Waals surface area contributed by atoms with Crippen LogP contribution in [0.5, 0.6) is 5.75 Å². The maximum absolute atomic E-state index is 10.8. The van der Waals surface area contributed by atoms with Crippen LogP contribution in [-0.4, -0.2) is 21.2 Å². The highest BCUT2D eigenvalue weighted by Gasteiger charge is 2.11. The van der Waals surface area contributed by atoms with Gasteiger partial charge in [0.2, 0.25) is 0 Å². The first-order valence-corrected chi connectivity index (χ1v) is 5.77. The number of carboxylic acids is 1. The summed E-state index contributed by atoms with van der Waals surface area (Å²) in [4.78, 5) is 20.7. The number of nitrogens with zero attached hydrogens (tertiary/aromatic N) is 2. The standard InChI is InChI=1S/C13H10N2O6/c16-13(17)4-1-10-5-11(15(18)19)2-3-12(10)20-7-9-6-14-21-8-9/h1-6,8H,7H2,(H,16,17)/b4-1+. The molecule has 8 heteroatoms. The van der Waals surface area contributed by atoms with Gasteiger partial charge in [-0.3, -0.25) is 10.1 Å². The molecule has 0 radical (unpaired) electrons. The Morgan fingerprint density at radius 1 is 1.52 bits per heavy atom. The second-order valence-corrected chi connectivity index (χ2v) is 3.97. The average molecular weight is 290 g/mol. The number of carbonyl (C=O) groups is 1. The van der Waals surface area contributed by atoms with E-state index in [0.717, 1.165) is 6.08 Å². The average Bonchev–Trinajstić information content (AvgIpc) is 2.96. The van der Waals surface area contributed by atoms with E-state index in [2.05, 4.69) is 9.68 Å². The number of nitro groups is 1. The lowest BCUT2D eigenvalue weighted by Gasteiger charge is -2.07. The molecule has 108 valence electrons. The summed E-state index contributed by atoms with van der Waals surface area (Å²) in [6.45, 7) is 0.148. The van der Waals surface area contributed by atoms with E-state index in [0.29, 0.717) is 16.9 Å². The SMILES string of the molecule is O=C(O)/C=C/c1cc([N+](=O)[O-])ccc1OCc1cnoc1. The first-order chi connectivity index (χ1) is 10.1. The Bertz CT molecular complexity index is 678. The summed E-state index contributed by atoms with van der Waals surface area (Å²) >= 11 is 0. The molecule has 0 unspecified atom stereocenters. The predicted octanol–water partition coefficient (Wildman–Crippen LogP) is 2.26. The first-order valence-electron chi connectivity index (χ1n) is 5.77. The zero-order valence-electron chi connectivity index (χ0n) is 10.6. The Balaban J connectivity index is 2.25. The maximum atomic E-state index is 10.8. The number of carboxylic acid groups (broad SMARTS) is 1. The Kier molecular flexibility index (Phi) is 4.30. The minimum absolute atomic E-state index is 0.148. The molecule has 0 amide bonds. The number of aliphatic carboxylic acids is 1. The number of benzene rings is 1. The molecule has 0 saturated heterocycles. The molecular formula is C13H10N2O6. The van der Waals surface area contributed by atoms with E-state index < -0.39 is 10.9 Å². The molecule has 2 aromatic rings. The van der Waals surface area contributed by atoms with Crippen LogP contribution in [0.1, 0.15) is 11.1 Å². The van der Waals surface area contributed by atoms with Crippen molar-refractivity contribution in [3.63, 3.8) is 0 Å². The highest BCUT2D eigenvalue weighted by Crippen LogP contribution is 2.26. The van der Waals surface area contributed by atoms with Gasteiger partial charge in [0, 0.05) is 29.3 Å². The van der Waals surface area contributed by atoms with Gasteiger partial charge < -0.3 is 14.4 Å². The summed E-state index contributed by atoms with van der Waals surface area (Å²) in [6.07, 6.45) is 4.99. The van der Waals surface area contributed by atoms with Crippen molar-refractivity contribution in [3.05, 3.63) is 58.0 Å². The monoisotopic (exact) mass is 290 g/mol. The summed E-state index contributed by atoms with van der Waals surface area (Å²) in [5, 5.41) is 22.9. The van der Waals surface area contributed by atoms with Gasteiger partial charge in [0.25, 0.3) is 5.69 Å². The fraction of sp³-hybridized carbons (Fsp3) is 0.0769. The van der Waals surface area contributed by atoms with Gasteiger partial charge in [-0.15, -0.1) is 0 Å². The van der Waals surface area contributed by atoms with Crippen LogP contribution in [0, 0.1) is 10.1 Å². The lowest BCUT2D eigenvalue weighted by Crippen LogP contribution is -1.97. The summed E-state index contributed by atoms with van der Waals surface area (Å²) in [5.41, 5.74) is 0.821. The summed E-state index contributed by atoms with van der Waals surface area (Å²) < 4.78 is 10.1. The minimum Gasteiger partial charge on any atom is -0.488 e. The van der Waals surface area contributed by atoms with E-state index in [-0.39, 0.29) is 12.3 Å². The second-order valence-electron chi connectivity index (χ2n) is 3.97. The molecule has 8 nitrogen and oxygen atoms in total. The van der Waals surface area contributed by atoms with Gasteiger partial charge in [0.05, 0.1) is 11.1 Å². The summed E-state index contributed by atoms with van der Waals surface area (Å²) in [5.74, 6) is -0.842. The van der Waals surface area contributed by atoms with Crippen LogP contribution in [0.15, 0.2) is 41.3 Å². The molecule has 1 aromatic heterocycles. The molecule has 0 atom stereocenters. The van der Waals surface area contributed by atoms with Crippen molar-refractivity contribution >= 4 is 17.7 Å². The molecule has 0 aliphatic carbocycles. The number of hydrogen-bond acceptors (Lipinski definition) is 6. The molecule has 2 rings (SSSR count). The zero-order chi connectivity index (χ0) is 15.2. The van der Waals surface area contributed by atoms with Crippen LogP contribution in [0.25, 0.3) is 6.08 Å². The Morgan fingerprint density at radius 3 is 2.95 bits per heavy atom. The third-order valence-corrected chi connectivity index (χ3v) is 2.49. The minimum atomic E-state index is -1.16. The Morgan fingerprint density at radius 2 is 2.33 bits per heavy atom. The number of hydrogen-bond donors (Lipinski definition) is 1. The molecule has 0 bridgehead atoms. The number of ether oxygens (including phenoxy) is 1. The number of nitro benzene ring substituents is 1. The molecule has 0 spiro atoms. The molecule has 1 heterocycles. The molecular weight excluding hydrogens is 280 g/mol. The maximum Gasteiger partial charge on any atom is 0.328 e. The van der Waals surface area contributed by atoms with Crippen molar-refractivity contribution in [3.8, 4) is 5.75 Å². The smallest absolute Gasteiger partial charge is 0.328 e. The normalized spacial score (nSPS) is 10.7. The molecule has 1 aromatic carbocycles. The quantitative estimate of drug-likeness (QED) is 0.492. The summed E-state index contributed by atoms with van der Waals surface area (Å²) in [7, 11) is 0. The number of non-ortho nitro benzene ring substituents is 1. The van der Waals surface area contributed by atoms with Crippen molar-refractivity contribution in [2.24, 2.45) is 0 Å². The van der Waals surface area contributed by atoms with E-state index in [1.54, 1.807) is 0 Å². The topological polar surface area (TPSA) is 116 Å². The lowest BCUT2D eigenvalue weighted by molar-refractivity contribution is -0.384. The lowest BCUT2D eigenvalue weighted by atomic mass is 10.1. The van der Waals surface area contributed by atoms with Gasteiger partial charge >= 0.3 is 5.97 Å². The van der Waals surface area contributed by atoms with Gasteiger partial charge in [-0.2, -0.15) is 0 Å². The molecule has 21 heavy (non-hydrogen) atoms. The van der Waals surface area contributed by atoms with Crippen LogP contribution in [0.4, 0.5) is 5.69 Å². The van der Waals surface area contributed by atoms with E-state index >= 15 is 0 Å². The number of rotatable bonds is 6. The van der Waals surface area contributed by atoms with Crippen LogP contribution in [0.3, 0.4) is 0 Å². The zero-order valence-corrected chi connectivity index (χ0v) is 10.6. The van der Waals surface area contributed by atoms with Crippen molar-refractivity contribution in [2.45, 2.75) is 6.61 Å². The highest BCUT2D eigenvalue weighted by molar-refractivity contribution is 5.86. The second kappa shape index (κ2) is 6.33. The van der Waals surface area contributed by atoms with E-state index in [4.69, 9.17) is 9.84 Å². The molecule has 0 saturated carbocycles. The van der Waals surface area contributed by atoms with Crippen LogP contribution in [-0.2, 0) is 11.4 Å². The largest absolute Gasteiger partial charge is 0.488 e. The fourth-order valence-corrected chi connectivity index (χ4v) is 1.53. The van der Waals surface area contributed by atoms with Crippen LogP contribution >= 0.6 is 0 Å². The van der Waals surface area contributed by atoms with Gasteiger partial charge in [-0.25, -0.2) is 4.79 Å². The van der Waals surface area contributed by atoms with Crippen LogP contribution in [0.2, 0.25) is 0 Å². The number of aromatic nitrogens is 1. The Labute approximate surface area is 118 Å². The van der Waals surface area contributed by atoms with Gasteiger partial charge in [0.15, 0.2) is 0 Å². The fourth-order valence-electron chi connectivity index (χ4n) is 1.53. The third-order valence-electron chi connectivity index (χ3n) is 2.49. The van der Waals surface area contributed by atoms with Crippen molar-refractivity contribution < 1.29 is 24.1 Å². The van der Waals surface area contributed by atoms with Crippen molar-refractivity contribution in [1.82, 2.24) is 5.16 Å². The summed E-state index contributed by atoms with van der Waals surface area (Å²) in [6, 6.07) is 3.93. The van der Waals surface area contributed by atoms with E-state index in [1.165, 1.54) is 36.7 Å². The molecule has 0 fully saturated rings. The van der Waals surface area contributed by atoms with E-state index in [9.17, 15) is 14.9 Å². The molecule has 0 aliphatic rings. The Hall–Kier alpha value is -3.16.